The van der Waals surface area contributed by atoms with Crippen molar-refractivity contribution in [3.8, 4) is 0 Å². The van der Waals surface area contributed by atoms with Gasteiger partial charge in [0.05, 0.1) is 27.9 Å². The van der Waals surface area contributed by atoms with E-state index in [2.05, 4.69) is 4.98 Å². The Balaban J connectivity index is 1.96. The largest absolute Gasteiger partial charge is 0.379 e. The molecule has 0 radical (unpaired) electrons. The second-order valence-electron chi connectivity index (χ2n) is 5.33. The van der Waals surface area contributed by atoms with Crippen LogP contribution in [0.5, 0.6) is 0 Å². The van der Waals surface area contributed by atoms with Crippen LogP contribution in [0.3, 0.4) is 0 Å². The lowest BCUT2D eigenvalue weighted by molar-refractivity contribution is -0.388. The third kappa shape index (κ3) is 3.68. The Hall–Kier alpha value is -1.95. The van der Waals surface area contributed by atoms with Gasteiger partial charge in [0.2, 0.25) is 10.0 Å². The number of benzene rings is 1. The first-order valence-corrected chi connectivity index (χ1v) is 9.67. The molecular weight excluding hydrogens is 368 g/mol. The molecule has 9 nitrogen and oxygen atoms in total. The second-order valence-corrected chi connectivity index (χ2v) is 8.27. The number of sulfonamides is 1. The molecule has 0 bridgehead atoms. The molecule has 1 aliphatic rings. The summed E-state index contributed by atoms with van der Waals surface area (Å²) in [7, 11) is -2.01. The van der Waals surface area contributed by atoms with Crippen LogP contribution in [0.4, 0.5) is 5.69 Å². The minimum absolute atomic E-state index is 0.0923. The SMILES string of the molecule is Cn1ccnc1Sc1ccc(S(=O)(=O)N2CCOCC2)cc1[N+](=O)[O-]. The van der Waals surface area contributed by atoms with Gasteiger partial charge in [0.1, 0.15) is 0 Å². The minimum Gasteiger partial charge on any atom is -0.379 e. The van der Waals surface area contributed by atoms with Crippen LogP contribution in [-0.2, 0) is 21.8 Å². The molecule has 1 fully saturated rings. The summed E-state index contributed by atoms with van der Waals surface area (Å²) in [5, 5.41) is 12.0. The number of hydrogen-bond donors (Lipinski definition) is 0. The van der Waals surface area contributed by atoms with Crippen LogP contribution < -0.4 is 0 Å². The molecular formula is C14H16N4O5S2. The molecule has 1 aromatic carbocycles. The molecule has 2 aromatic rings. The summed E-state index contributed by atoms with van der Waals surface area (Å²) in [4.78, 5) is 15.2. The number of nitro benzene ring substituents is 1. The van der Waals surface area contributed by atoms with E-state index in [0.29, 0.717) is 23.3 Å². The molecule has 11 heteroatoms. The van der Waals surface area contributed by atoms with E-state index >= 15 is 0 Å². The van der Waals surface area contributed by atoms with E-state index in [1.54, 1.807) is 24.0 Å². The molecule has 0 amide bonds. The van der Waals surface area contributed by atoms with Gasteiger partial charge in [-0.05, 0) is 23.9 Å². The van der Waals surface area contributed by atoms with Crippen molar-refractivity contribution in [3.63, 3.8) is 0 Å². The normalized spacial score (nSPS) is 16.0. The lowest BCUT2D eigenvalue weighted by Gasteiger charge is -2.26. The lowest BCUT2D eigenvalue weighted by Crippen LogP contribution is -2.40. The van der Waals surface area contributed by atoms with Crippen molar-refractivity contribution in [1.82, 2.24) is 13.9 Å². The highest BCUT2D eigenvalue weighted by Crippen LogP contribution is 2.35. The van der Waals surface area contributed by atoms with Gasteiger partial charge in [-0.15, -0.1) is 0 Å². The Morgan fingerprint density at radius 1 is 1.32 bits per heavy atom. The van der Waals surface area contributed by atoms with Crippen LogP contribution in [0.25, 0.3) is 0 Å². The first-order valence-electron chi connectivity index (χ1n) is 7.41. The summed E-state index contributed by atoms with van der Waals surface area (Å²) in [5.74, 6) is 0. The van der Waals surface area contributed by atoms with Gasteiger partial charge < -0.3 is 9.30 Å². The number of imidazole rings is 1. The number of ether oxygens (including phenoxy) is 1. The molecule has 0 N–H and O–H groups in total. The van der Waals surface area contributed by atoms with E-state index < -0.39 is 14.9 Å². The fourth-order valence-electron chi connectivity index (χ4n) is 2.37. The molecule has 0 saturated carbocycles. The van der Waals surface area contributed by atoms with Crippen LogP contribution in [0.1, 0.15) is 0 Å². The van der Waals surface area contributed by atoms with E-state index in [4.69, 9.17) is 4.74 Å². The van der Waals surface area contributed by atoms with Crippen LogP contribution >= 0.6 is 11.8 Å². The summed E-state index contributed by atoms with van der Waals surface area (Å²) >= 11 is 1.11. The van der Waals surface area contributed by atoms with Gasteiger partial charge in [0.25, 0.3) is 5.69 Å². The van der Waals surface area contributed by atoms with Gasteiger partial charge in [-0.25, -0.2) is 13.4 Å². The fraction of sp³-hybridized carbons (Fsp3) is 0.357. The maximum absolute atomic E-state index is 12.7. The molecule has 0 atom stereocenters. The van der Waals surface area contributed by atoms with E-state index in [0.717, 1.165) is 17.8 Å². The molecule has 3 rings (SSSR count). The standard InChI is InChI=1S/C14H16N4O5S2/c1-16-5-4-15-14(16)24-13-3-2-11(10-12(13)18(19)20)25(21,22)17-6-8-23-9-7-17/h2-5,10H,6-9H2,1H3. The summed E-state index contributed by atoms with van der Waals surface area (Å²) in [5.41, 5.74) is -0.262. The highest BCUT2D eigenvalue weighted by molar-refractivity contribution is 7.99. The number of hydrogen-bond acceptors (Lipinski definition) is 7. The van der Waals surface area contributed by atoms with Crippen molar-refractivity contribution in [2.75, 3.05) is 26.3 Å². The molecule has 25 heavy (non-hydrogen) atoms. The third-order valence-electron chi connectivity index (χ3n) is 3.71. The highest BCUT2D eigenvalue weighted by Gasteiger charge is 2.29. The maximum atomic E-state index is 12.7. The number of rotatable bonds is 5. The topological polar surface area (TPSA) is 108 Å². The smallest absolute Gasteiger partial charge is 0.284 e. The van der Waals surface area contributed by atoms with Gasteiger partial charge in [0, 0.05) is 38.6 Å². The van der Waals surface area contributed by atoms with Crippen LogP contribution in [-0.4, -0.2) is 53.5 Å². The molecule has 1 aromatic heterocycles. The Morgan fingerprint density at radius 2 is 2.04 bits per heavy atom. The van der Waals surface area contributed by atoms with Gasteiger partial charge in [0.15, 0.2) is 5.16 Å². The van der Waals surface area contributed by atoms with Gasteiger partial charge >= 0.3 is 0 Å². The second kappa shape index (κ2) is 7.12. The van der Waals surface area contributed by atoms with Crippen molar-refractivity contribution in [2.45, 2.75) is 14.9 Å². The van der Waals surface area contributed by atoms with Crippen molar-refractivity contribution in [3.05, 3.63) is 40.7 Å². The zero-order valence-electron chi connectivity index (χ0n) is 13.4. The molecule has 1 aliphatic heterocycles. The monoisotopic (exact) mass is 384 g/mol. The van der Waals surface area contributed by atoms with Gasteiger partial charge in [-0.2, -0.15) is 4.31 Å². The van der Waals surface area contributed by atoms with Crippen LogP contribution in [0.15, 0.2) is 45.5 Å². The first-order chi connectivity index (χ1) is 11.9. The predicted octanol–water partition coefficient (Wildman–Crippen LogP) is 1.50. The average molecular weight is 384 g/mol. The van der Waals surface area contributed by atoms with Crippen molar-refractivity contribution < 1.29 is 18.1 Å². The quantitative estimate of drug-likeness (QED) is 0.568. The van der Waals surface area contributed by atoms with E-state index in [-0.39, 0.29) is 23.7 Å². The average Bonchev–Trinajstić information content (AvgIpc) is 3.00. The van der Waals surface area contributed by atoms with E-state index in [1.165, 1.54) is 16.4 Å². The zero-order valence-corrected chi connectivity index (χ0v) is 15.0. The summed E-state index contributed by atoms with van der Waals surface area (Å²) < 4.78 is 33.5. The van der Waals surface area contributed by atoms with Crippen LogP contribution in [0.2, 0.25) is 0 Å². The Bertz CT molecular complexity index is 890. The molecule has 2 heterocycles. The highest BCUT2D eigenvalue weighted by atomic mass is 32.2. The van der Waals surface area contributed by atoms with Gasteiger partial charge in [-0.3, -0.25) is 10.1 Å². The molecule has 134 valence electrons. The number of aryl methyl sites for hydroxylation is 1. The van der Waals surface area contributed by atoms with Crippen LogP contribution in [0, 0.1) is 10.1 Å². The predicted molar refractivity (Wildman–Crippen MR) is 90.0 cm³/mol. The van der Waals surface area contributed by atoms with E-state index in [1.807, 2.05) is 0 Å². The Morgan fingerprint density at radius 3 is 2.64 bits per heavy atom. The summed E-state index contributed by atoms with van der Waals surface area (Å²) in [6.07, 6.45) is 3.32. The summed E-state index contributed by atoms with van der Waals surface area (Å²) in [6.45, 7) is 1.10. The molecule has 0 spiro atoms. The Labute approximate surface area is 148 Å². The Kier molecular flexibility index (Phi) is 5.08. The number of nitrogens with zero attached hydrogens (tertiary/aromatic N) is 4. The maximum Gasteiger partial charge on any atom is 0.284 e. The van der Waals surface area contributed by atoms with E-state index in [9.17, 15) is 18.5 Å². The molecule has 0 aliphatic carbocycles. The summed E-state index contributed by atoms with van der Waals surface area (Å²) in [6, 6.07) is 3.95. The van der Waals surface area contributed by atoms with Crippen molar-refractivity contribution >= 4 is 27.5 Å². The first kappa shape index (κ1) is 17.9. The lowest BCUT2D eigenvalue weighted by atomic mass is 10.3. The van der Waals surface area contributed by atoms with Crippen molar-refractivity contribution in [2.24, 2.45) is 7.05 Å². The fourth-order valence-corrected chi connectivity index (χ4v) is 4.69. The molecule has 1 saturated heterocycles. The minimum atomic E-state index is -3.79. The van der Waals surface area contributed by atoms with Gasteiger partial charge in [-0.1, -0.05) is 0 Å². The number of morpholine rings is 1. The third-order valence-corrected chi connectivity index (χ3v) is 6.75. The zero-order chi connectivity index (χ0) is 18.0. The number of nitro groups is 1. The number of aromatic nitrogens is 2. The molecule has 0 unspecified atom stereocenters. The van der Waals surface area contributed by atoms with Crippen molar-refractivity contribution in [1.29, 1.82) is 0 Å².